The van der Waals surface area contributed by atoms with Gasteiger partial charge in [0.05, 0.1) is 6.54 Å². The van der Waals surface area contributed by atoms with E-state index in [0.29, 0.717) is 0 Å². The molecule has 0 radical (unpaired) electrons. The molecule has 0 unspecified atom stereocenters. The molecule has 0 aliphatic heterocycles. The average molecular weight is 260 g/mol. The first-order valence-electron chi connectivity index (χ1n) is 5.10. The van der Waals surface area contributed by atoms with Crippen LogP contribution in [0, 0.1) is 5.92 Å². The first-order chi connectivity index (χ1) is 8.29. The van der Waals surface area contributed by atoms with Gasteiger partial charge >= 0.3 is 0 Å². The minimum atomic E-state index is -1.15. The van der Waals surface area contributed by atoms with Gasteiger partial charge in [-0.2, -0.15) is 0 Å². The van der Waals surface area contributed by atoms with E-state index >= 15 is 0 Å². The first kappa shape index (κ1) is 15.8. The largest absolute Gasteiger partial charge is 0.368 e. The molecule has 0 spiro atoms. The summed E-state index contributed by atoms with van der Waals surface area (Å²) in [6.45, 7) is 2.29. The van der Waals surface area contributed by atoms with Crippen molar-refractivity contribution in [3.63, 3.8) is 0 Å². The predicted molar refractivity (Wildman–Crippen MR) is 58.9 cm³/mol. The Kier molecular flexibility index (Phi) is 6.35. The highest BCUT2D eigenvalue weighted by atomic mass is 16.5. The molecule has 18 heavy (non-hydrogen) atoms. The fraction of sp³-hybridized carbons (Fsp3) is 0.556. The minimum absolute atomic E-state index is 0.342. The average Bonchev–Trinajstić information content (AvgIpc) is 2.33. The number of hydroxylamine groups is 1. The molecule has 0 heterocycles. The molecular weight excluding hydrogens is 244 g/mol. The second kappa shape index (κ2) is 7.22. The van der Waals surface area contributed by atoms with E-state index in [1.54, 1.807) is 0 Å². The van der Waals surface area contributed by atoms with Crippen LogP contribution in [-0.2, 0) is 19.2 Å². The second-order valence-corrected chi connectivity index (χ2v) is 3.61. The van der Waals surface area contributed by atoms with Crippen LogP contribution in [-0.4, -0.2) is 41.4 Å². The molecule has 6 N–H and O–H groups in total. The summed E-state index contributed by atoms with van der Waals surface area (Å²) in [5, 5.41) is 12.8. The third-order valence-corrected chi connectivity index (χ3v) is 2.09. The molecule has 0 aliphatic carbocycles. The Hall–Kier alpha value is -2.16. The van der Waals surface area contributed by atoms with Crippen LogP contribution in [0.1, 0.15) is 13.8 Å². The normalized spacial score (nSPS) is 13.1. The lowest BCUT2D eigenvalue weighted by molar-refractivity contribution is -0.141. The Balaban J connectivity index is 4.26. The lowest BCUT2D eigenvalue weighted by Crippen LogP contribution is -2.49. The highest BCUT2D eigenvalue weighted by Gasteiger charge is 2.24. The molecule has 9 heteroatoms. The van der Waals surface area contributed by atoms with Crippen molar-refractivity contribution in [2.45, 2.75) is 19.9 Å². The van der Waals surface area contributed by atoms with Gasteiger partial charge in [0.15, 0.2) is 0 Å². The number of amides is 4. The zero-order chi connectivity index (χ0) is 14.3. The highest BCUT2D eigenvalue weighted by molar-refractivity contribution is 6.01. The maximum atomic E-state index is 11.4. The Morgan fingerprint density at radius 3 is 2.11 bits per heavy atom. The summed E-state index contributed by atoms with van der Waals surface area (Å²) < 4.78 is 0. The van der Waals surface area contributed by atoms with E-state index in [1.165, 1.54) is 19.3 Å². The molecule has 0 fully saturated rings. The number of nitrogens with two attached hydrogens (primary N) is 1. The summed E-state index contributed by atoms with van der Waals surface area (Å²) in [7, 11) is 0. The lowest BCUT2D eigenvalue weighted by Gasteiger charge is -2.15. The topological polar surface area (TPSA) is 151 Å². The maximum absolute atomic E-state index is 11.4. The van der Waals surface area contributed by atoms with E-state index in [2.05, 4.69) is 10.6 Å². The third kappa shape index (κ3) is 5.25. The second-order valence-electron chi connectivity index (χ2n) is 3.61. The summed E-state index contributed by atoms with van der Waals surface area (Å²) in [4.78, 5) is 44.2. The van der Waals surface area contributed by atoms with Crippen LogP contribution in [0.4, 0.5) is 0 Å². The van der Waals surface area contributed by atoms with Crippen molar-refractivity contribution in [1.82, 2.24) is 16.1 Å². The molecule has 0 aromatic carbocycles. The van der Waals surface area contributed by atoms with Crippen molar-refractivity contribution in [3.05, 3.63) is 0 Å². The van der Waals surface area contributed by atoms with Gasteiger partial charge in [-0.05, 0) is 13.8 Å². The van der Waals surface area contributed by atoms with Gasteiger partial charge in [0, 0.05) is 0 Å². The Morgan fingerprint density at radius 1 is 1.11 bits per heavy atom. The number of carbonyl (C=O) groups is 4. The van der Waals surface area contributed by atoms with Crippen LogP contribution in [0.5, 0.6) is 0 Å². The molecule has 4 amide bonds. The van der Waals surface area contributed by atoms with Crippen molar-refractivity contribution in [2.75, 3.05) is 6.54 Å². The SMILES string of the molecule is C[C@H](C(=O)NO)C(=O)N[C@@H](C)C(=O)NCC(N)=O. The minimum Gasteiger partial charge on any atom is -0.368 e. The Morgan fingerprint density at radius 2 is 1.67 bits per heavy atom. The molecule has 0 rings (SSSR count). The number of carbonyl (C=O) groups excluding carboxylic acids is 4. The predicted octanol–water partition coefficient (Wildman–Crippen LogP) is -2.77. The van der Waals surface area contributed by atoms with Gasteiger partial charge in [-0.1, -0.05) is 0 Å². The van der Waals surface area contributed by atoms with Crippen molar-refractivity contribution in [1.29, 1.82) is 0 Å². The van der Waals surface area contributed by atoms with Crippen LogP contribution in [0.25, 0.3) is 0 Å². The van der Waals surface area contributed by atoms with Gasteiger partial charge in [-0.25, -0.2) is 5.48 Å². The Bertz CT molecular complexity index is 357. The van der Waals surface area contributed by atoms with E-state index in [-0.39, 0.29) is 6.54 Å². The molecule has 0 saturated heterocycles. The molecule has 0 bridgehead atoms. The smallest absolute Gasteiger partial charge is 0.255 e. The van der Waals surface area contributed by atoms with Crippen LogP contribution in [0.15, 0.2) is 0 Å². The van der Waals surface area contributed by atoms with Gasteiger partial charge < -0.3 is 16.4 Å². The maximum Gasteiger partial charge on any atom is 0.255 e. The summed E-state index contributed by atoms with van der Waals surface area (Å²) in [5.41, 5.74) is 6.15. The molecular formula is C9H16N4O5. The Labute approximate surface area is 103 Å². The van der Waals surface area contributed by atoms with Crippen molar-refractivity contribution >= 4 is 23.6 Å². The molecule has 9 nitrogen and oxygen atoms in total. The lowest BCUT2D eigenvalue weighted by atomic mass is 10.1. The van der Waals surface area contributed by atoms with E-state index in [4.69, 9.17) is 10.9 Å². The van der Waals surface area contributed by atoms with Crippen molar-refractivity contribution in [2.24, 2.45) is 11.7 Å². The molecule has 102 valence electrons. The molecule has 0 aromatic rings. The van der Waals surface area contributed by atoms with Crippen LogP contribution < -0.4 is 21.8 Å². The van der Waals surface area contributed by atoms with Gasteiger partial charge in [-0.15, -0.1) is 0 Å². The fourth-order valence-corrected chi connectivity index (χ4v) is 0.947. The van der Waals surface area contributed by atoms with Crippen LogP contribution >= 0.6 is 0 Å². The zero-order valence-corrected chi connectivity index (χ0v) is 10.0. The number of primary amides is 1. The monoisotopic (exact) mass is 260 g/mol. The van der Waals surface area contributed by atoms with Crippen molar-refractivity contribution < 1.29 is 24.4 Å². The van der Waals surface area contributed by atoms with Crippen LogP contribution in [0.2, 0.25) is 0 Å². The fourth-order valence-electron chi connectivity index (χ4n) is 0.947. The molecule has 0 saturated carbocycles. The molecule has 2 atom stereocenters. The summed E-state index contributed by atoms with van der Waals surface area (Å²) in [5.74, 6) is -4.10. The number of nitrogens with one attached hydrogen (secondary N) is 3. The summed E-state index contributed by atoms with van der Waals surface area (Å²) >= 11 is 0. The number of hydrogen-bond donors (Lipinski definition) is 5. The standard InChI is InChI=1S/C9H16N4O5/c1-4(8(16)13-18)7(15)12-5(2)9(17)11-3-6(10)14/h4-5,18H,3H2,1-2H3,(H2,10,14)(H,11,17)(H,12,15)(H,13,16)/t4-,5-/m0/s1. The number of hydrogen-bond acceptors (Lipinski definition) is 5. The van der Waals surface area contributed by atoms with E-state index < -0.39 is 35.6 Å². The highest BCUT2D eigenvalue weighted by Crippen LogP contribution is 1.95. The van der Waals surface area contributed by atoms with Gasteiger partial charge in [0.25, 0.3) is 5.91 Å². The van der Waals surface area contributed by atoms with E-state index in [0.717, 1.165) is 0 Å². The zero-order valence-electron chi connectivity index (χ0n) is 10.0. The molecule has 0 aliphatic rings. The first-order valence-corrected chi connectivity index (χ1v) is 5.10. The van der Waals surface area contributed by atoms with E-state index in [1.807, 2.05) is 0 Å². The summed E-state index contributed by atoms with van der Waals surface area (Å²) in [6.07, 6.45) is 0. The van der Waals surface area contributed by atoms with Gasteiger partial charge in [0.2, 0.25) is 17.7 Å². The van der Waals surface area contributed by atoms with E-state index in [9.17, 15) is 19.2 Å². The molecule has 0 aromatic heterocycles. The number of rotatable bonds is 6. The van der Waals surface area contributed by atoms with Gasteiger partial charge in [0.1, 0.15) is 12.0 Å². The summed E-state index contributed by atoms with van der Waals surface area (Å²) in [6, 6.07) is -0.939. The quantitative estimate of drug-likeness (QED) is 0.199. The van der Waals surface area contributed by atoms with Crippen molar-refractivity contribution in [3.8, 4) is 0 Å². The third-order valence-electron chi connectivity index (χ3n) is 2.09. The van der Waals surface area contributed by atoms with Gasteiger partial charge in [-0.3, -0.25) is 24.4 Å². The van der Waals surface area contributed by atoms with Crippen LogP contribution in [0.3, 0.4) is 0 Å².